The number of aromatic amines is 2. The fourth-order valence-electron chi connectivity index (χ4n) is 1.85. The number of nitrogens with one attached hydrogen (secondary N) is 2. The molecular formula is C11H13N3O6. The molecule has 0 bridgehead atoms. The van der Waals surface area contributed by atoms with Crippen molar-refractivity contribution >= 4 is 11.9 Å². The van der Waals surface area contributed by atoms with Crippen LogP contribution in [0.4, 0.5) is 0 Å². The van der Waals surface area contributed by atoms with Crippen LogP contribution in [0, 0.1) is 0 Å². The standard InChI is InChI=1S/C11H13N3O6/c1-19-10(17)7-5-14(2-3-20-7)9(16)6-4-12-11(18)13-8(6)15/h4,7H,2-3,5H2,1H3,(H2,12,13,15,18). The molecule has 2 heterocycles. The normalized spacial score (nSPS) is 18.6. The molecule has 2 N–H and O–H groups in total. The van der Waals surface area contributed by atoms with Gasteiger partial charge in [0.15, 0.2) is 6.10 Å². The second-order valence-corrected chi connectivity index (χ2v) is 4.12. The summed E-state index contributed by atoms with van der Waals surface area (Å²) >= 11 is 0. The zero-order valence-electron chi connectivity index (χ0n) is 10.7. The lowest BCUT2D eigenvalue weighted by Gasteiger charge is -2.31. The van der Waals surface area contributed by atoms with Crippen LogP contribution in [0.15, 0.2) is 15.8 Å². The van der Waals surface area contributed by atoms with E-state index in [4.69, 9.17) is 4.74 Å². The number of methoxy groups -OCH3 is 1. The van der Waals surface area contributed by atoms with E-state index < -0.39 is 29.2 Å². The van der Waals surface area contributed by atoms with Crippen LogP contribution in [-0.4, -0.2) is 59.7 Å². The van der Waals surface area contributed by atoms with Gasteiger partial charge < -0.3 is 19.4 Å². The van der Waals surface area contributed by atoms with Crippen LogP contribution in [0.2, 0.25) is 0 Å². The van der Waals surface area contributed by atoms with Gasteiger partial charge in [-0.2, -0.15) is 0 Å². The smallest absolute Gasteiger partial charge is 0.336 e. The molecule has 1 fully saturated rings. The molecule has 1 aliphatic rings. The van der Waals surface area contributed by atoms with Crippen molar-refractivity contribution in [1.82, 2.24) is 14.9 Å². The van der Waals surface area contributed by atoms with Gasteiger partial charge in [0, 0.05) is 12.7 Å². The predicted octanol–water partition coefficient (Wildman–Crippen LogP) is -1.92. The largest absolute Gasteiger partial charge is 0.467 e. The highest BCUT2D eigenvalue weighted by atomic mass is 16.6. The molecule has 9 heteroatoms. The van der Waals surface area contributed by atoms with Crippen LogP contribution in [-0.2, 0) is 14.3 Å². The lowest BCUT2D eigenvalue weighted by molar-refractivity contribution is -0.158. The minimum absolute atomic E-state index is 0.00985. The number of hydrogen-bond donors (Lipinski definition) is 2. The SMILES string of the molecule is COC(=O)C1CN(C(=O)c2c[nH]c(=O)[nH]c2=O)CCO1. The van der Waals surface area contributed by atoms with Crippen LogP contribution in [0.3, 0.4) is 0 Å². The molecule has 1 aromatic heterocycles. The van der Waals surface area contributed by atoms with Crippen molar-refractivity contribution < 1.29 is 19.1 Å². The Hall–Kier alpha value is -2.42. The lowest BCUT2D eigenvalue weighted by atomic mass is 10.2. The molecule has 1 aliphatic heterocycles. The van der Waals surface area contributed by atoms with E-state index in [9.17, 15) is 19.2 Å². The summed E-state index contributed by atoms with van der Waals surface area (Å²) in [6.45, 7) is 0.391. The van der Waals surface area contributed by atoms with Gasteiger partial charge in [0.25, 0.3) is 11.5 Å². The molecule has 9 nitrogen and oxygen atoms in total. The Morgan fingerprint density at radius 2 is 2.20 bits per heavy atom. The first kappa shape index (κ1) is 14.0. The maximum Gasteiger partial charge on any atom is 0.336 e. The summed E-state index contributed by atoms with van der Waals surface area (Å²) < 4.78 is 9.73. The Morgan fingerprint density at radius 3 is 2.85 bits per heavy atom. The second-order valence-electron chi connectivity index (χ2n) is 4.12. The van der Waals surface area contributed by atoms with Crippen molar-refractivity contribution in [3.8, 4) is 0 Å². The maximum atomic E-state index is 12.2. The van der Waals surface area contributed by atoms with Gasteiger partial charge in [0.05, 0.1) is 20.3 Å². The number of hydrogen-bond acceptors (Lipinski definition) is 6. The molecule has 0 aliphatic carbocycles. The van der Waals surface area contributed by atoms with Gasteiger partial charge in [-0.15, -0.1) is 0 Å². The average Bonchev–Trinajstić information content (AvgIpc) is 2.46. The van der Waals surface area contributed by atoms with Crippen molar-refractivity contribution in [2.45, 2.75) is 6.10 Å². The number of morpholine rings is 1. The molecule has 0 radical (unpaired) electrons. The Bertz CT molecular complexity index is 634. The third kappa shape index (κ3) is 2.77. The van der Waals surface area contributed by atoms with E-state index in [-0.39, 0.29) is 25.3 Å². The molecule has 2 rings (SSSR count). The van der Waals surface area contributed by atoms with E-state index in [0.717, 1.165) is 6.20 Å². The summed E-state index contributed by atoms with van der Waals surface area (Å²) in [5.41, 5.74) is -1.67. The highest BCUT2D eigenvalue weighted by Crippen LogP contribution is 2.09. The first-order valence-electron chi connectivity index (χ1n) is 5.83. The molecule has 108 valence electrons. The Morgan fingerprint density at radius 1 is 1.45 bits per heavy atom. The van der Waals surface area contributed by atoms with Gasteiger partial charge in [-0.25, -0.2) is 9.59 Å². The molecule has 1 amide bonds. The first-order chi connectivity index (χ1) is 9.52. The Kier molecular flexibility index (Phi) is 3.99. The summed E-state index contributed by atoms with van der Waals surface area (Å²) in [5.74, 6) is -1.17. The number of ether oxygens (including phenoxy) is 2. The summed E-state index contributed by atoms with van der Waals surface area (Å²) in [7, 11) is 1.22. The van der Waals surface area contributed by atoms with Crippen LogP contribution < -0.4 is 11.2 Å². The van der Waals surface area contributed by atoms with Gasteiger partial charge in [-0.3, -0.25) is 14.6 Å². The minimum atomic E-state index is -0.875. The number of rotatable bonds is 2. The topological polar surface area (TPSA) is 122 Å². The lowest BCUT2D eigenvalue weighted by Crippen LogP contribution is -2.50. The monoisotopic (exact) mass is 283 g/mol. The maximum absolute atomic E-state index is 12.2. The highest BCUT2D eigenvalue weighted by molar-refractivity contribution is 5.94. The van der Waals surface area contributed by atoms with Gasteiger partial charge in [0.1, 0.15) is 5.56 Å². The van der Waals surface area contributed by atoms with E-state index in [1.165, 1.54) is 12.0 Å². The molecule has 1 aromatic rings. The van der Waals surface area contributed by atoms with Crippen molar-refractivity contribution in [3.63, 3.8) is 0 Å². The number of nitrogens with zero attached hydrogens (tertiary/aromatic N) is 1. The van der Waals surface area contributed by atoms with E-state index in [1.807, 2.05) is 4.98 Å². The third-order valence-electron chi connectivity index (χ3n) is 2.87. The van der Waals surface area contributed by atoms with E-state index in [1.54, 1.807) is 0 Å². The van der Waals surface area contributed by atoms with Crippen molar-refractivity contribution in [2.75, 3.05) is 26.8 Å². The molecule has 0 spiro atoms. The van der Waals surface area contributed by atoms with Crippen LogP contribution in [0.25, 0.3) is 0 Å². The van der Waals surface area contributed by atoms with E-state index in [2.05, 4.69) is 9.72 Å². The van der Waals surface area contributed by atoms with Crippen molar-refractivity contribution in [3.05, 3.63) is 32.6 Å². The average molecular weight is 283 g/mol. The predicted molar refractivity (Wildman–Crippen MR) is 65.3 cm³/mol. The molecule has 0 saturated carbocycles. The second kappa shape index (κ2) is 5.70. The molecule has 20 heavy (non-hydrogen) atoms. The van der Waals surface area contributed by atoms with Gasteiger partial charge in [0.2, 0.25) is 0 Å². The van der Waals surface area contributed by atoms with Crippen LogP contribution in [0.5, 0.6) is 0 Å². The first-order valence-corrected chi connectivity index (χ1v) is 5.83. The van der Waals surface area contributed by atoms with E-state index >= 15 is 0 Å². The number of carbonyl (C=O) groups is 2. The fraction of sp³-hybridized carbons (Fsp3) is 0.455. The number of amides is 1. The van der Waals surface area contributed by atoms with Crippen LogP contribution >= 0.6 is 0 Å². The van der Waals surface area contributed by atoms with Gasteiger partial charge in [-0.05, 0) is 0 Å². The van der Waals surface area contributed by atoms with Crippen molar-refractivity contribution in [2.24, 2.45) is 0 Å². The highest BCUT2D eigenvalue weighted by Gasteiger charge is 2.31. The fourth-order valence-corrected chi connectivity index (χ4v) is 1.85. The number of carbonyl (C=O) groups excluding carboxylic acids is 2. The minimum Gasteiger partial charge on any atom is -0.467 e. The zero-order chi connectivity index (χ0) is 14.7. The molecular weight excluding hydrogens is 270 g/mol. The molecule has 1 unspecified atom stereocenters. The van der Waals surface area contributed by atoms with Gasteiger partial charge in [-0.1, -0.05) is 0 Å². The summed E-state index contributed by atoms with van der Waals surface area (Å²) in [6.07, 6.45) is 0.172. The summed E-state index contributed by atoms with van der Waals surface area (Å²) in [4.78, 5) is 51.5. The third-order valence-corrected chi connectivity index (χ3v) is 2.87. The Balaban J connectivity index is 2.18. The number of esters is 1. The molecule has 1 saturated heterocycles. The quantitative estimate of drug-likeness (QED) is 0.610. The number of aromatic nitrogens is 2. The Labute approximate surface area is 112 Å². The molecule has 0 aromatic carbocycles. The zero-order valence-corrected chi connectivity index (χ0v) is 10.7. The number of H-pyrrole nitrogens is 2. The van der Waals surface area contributed by atoms with Crippen molar-refractivity contribution in [1.29, 1.82) is 0 Å². The molecule has 1 atom stereocenters. The summed E-state index contributed by atoms with van der Waals surface area (Å²) in [6, 6.07) is 0. The van der Waals surface area contributed by atoms with Gasteiger partial charge >= 0.3 is 11.7 Å². The van der Waals surface area contributed by atoms with Crippen LogP contribution in [0.1, 0.15) is 10.4 Å². The summed E-state index contributed by atoms with van der Waals surface area (Å²) in [5, 5.41) is 0. The van der Waals surface area contributed by atoms with E-state index in [0.29, 0.717) is 0 Å².